The first-order valence-corrected chi connectivity index (χ1v) is 7.42. The van der Waals surface area contributed by atoms with Crippen LogP contribution in [0.1, 0.15) is 24.1 Å². The lowest BCUT2D eigenvalue weighted by atomic mass is 9.98. The van der Waals surface area contributed by atoms with Gasteiger partial charge < -0.3 is 5.32 Å². The highest BCUT2D eigenvalue weighted by Crippen LogP contribution is 2.25. The second-order valence-electron chi connectivity index (χ2n) is 4.73. The van der Waals surface area contributed by atoms with Gasteiger partial charge in [0.1, 0.15) is 5.82 Å². The maximum absolute atomic E-state index is 13.8. The Bertz CT molecular complexity index is 611. The Morgan fingerprint density at radius 2 is 1.90 bits per heavy atom. The highest BCUT2D eigenvalue weighted by Gasteiger charge is 2.16. The van der Waals surface area contributed by atoms with Crippen LogP contribution in [0.5, 0.6) is 0 Å². The van der Waals surface area contributed by atoms with Gasteiger partial charge in [-0.3, -0.25) is 0 Å². The molecular weight excluding hydrogens is 343 g/mol. The van der Waals surface area contributed by atoms with Crippen molar-refractivity contribution in [2.75, 3.05) is 6.54 Å². The summed E-state index contributed by atoms with van der Waals surface area (Å²) in [5.74, 6) is -2.10. The molecule has 0 aliphatic rings. The van der Waals surface area contributed by atoms with Crippen LogP contribution in [0, 0.1) is 17.5 Å². The Balaban J connectivity index is 2.32. The van der Waals surface area contributed by atoms with Crippen molar-refractivity contribution in [2.45, 2.75) is 19.4 Å². The van der Waals surface area contributed by atoms with E-state index >= 15 is 0 Å². The lowest BCUT2D eigenvalue weighted by Gasteiger charge is -2.19. The predicted molar refractivity (Wildman–Crippen MR) is 80.6 cm³/mol. The summed E-state index contributed by atoms with van der Waals surface area (Å²) in [6.45, 7) is 2.54. The van der Waals surface area contributed by atoms with Gasteiger partial charge in [-0.1, -0.05) is 35.0 Å². The number of likely N-dealkylation sites (N-methyl/N-ethyl adjacent to an activating group) is 1. The van der Waals surface area contributed by atoms with Crippen LogP contribution in [0.25, 0.3) is 0 Å². The molecule has 0 heterocycles. The summed E-state index contributed by atoms with van der Waals surface area (Å²) in [5.41, 5.74) is 0.953. The van der Waals surface area contributed by atoms with Crippen LogP contribution in [0.4, 0.5) is 13.2 Å². The molecule has 0 spiro atoms. The number of rotatable bonds is 5. The molecule has 0 fully saturated rings. The molecule has 5 heteroatoms. The Morgan fingerprint density at radius 3 is 2.57 bits per heavy atom. The van der Waals surface area contributed by atoms with Crippen LogP contribution in [0.2, 0.25) is 0 Å². The molecular formula is C16H15BrF3N. The van der Waals surface area contributed by atoms with Gasteiger partial charge in [-0.2, -0.15) is 0 Å². The van der Waals surface area contributed by atoms with Crippen LogP contribution in [-0.4, -0.2) is 6.54 Å². The predicted octanol–water partition coefficient (Wildman–Crippen LogP) is 4.76. The third-order valence-electron chi connectivity index (χ3n) is 3.19. The number of hydrogen-bond donors (Lipinski definition) is 1. The van der Waals surface area contributed by atoms with Crippen molar-refractivity contribution in [3.8, 4) is 0 Å². The molecule has 0 aliphatic carbocycles. The molecule has 1 N–H and O–H groups in total. The summed E-state index contributed by atoms with van der Waals surface area (Å²) in [6.07, 6.45) is 0.243. The van der Waals surface area contributed by atoms with E-state index in [0.717, 1.165) is 6.07 Å². The smallest absolute Gasteiger partial charge is 0.162 e. The molecule has 0 saturated carbocycles. The molecule has 0 amide bonds. The minimum atomic E-state index is -0.872. The van der Waals surface area contributed by atoms with E-state index in [1.54, 1.807) is 6.07 Å². The molecule has 1 unspecified atom stereocenters. The molecule has 1 nitrogen and oxygen atoms in total. The molecule has 2 rings (SSSR count). The van der Waals surface area contributed by atoms with E-state index in [4.69, 9.17) is 0 Å². The van der Waals surface area contributed by atoms with Crippen LogP contribution < -0.4 is 5.32 Å². The average Bonchev–Trinajstić information content (AvgIpc) is 2.42. The molecule has 0 bridgehead atoms. The van der Waals surface area contributed by atoms with Crippen molar-refractivity contribution in [2.24, 2.45) is 0 Å². The summed E-state index contributed by atoms with van der Waals surface area (Å²) >= 11 is 3.24. The first kappa shape index (κ1) is 16.0. The van der Waals surface area contributed by atoms with Gasteiger partial charge in [-0.25, -0.2) is 13.2 Å². The first-order chi connectivity index (χ1) is 10.0. The topological polar surface area (TPSA) is 12.0 Å². The van der Waals surface area contributed by atoms with Crippen molar-refractivity contribution in [3.63, 3.8) is 0 Å². The number of halogens is 4. The van der Waals surface area contributed by atoms with Crippen LogP contribution in [0.15, 0.2) is 40.9 Å². The minimum absolute atomic E-state index is 0.243. The molecule has 2 aromatic rings. The van der Waals surface area contributed by atoms with Gasteiger partial charge in [-0.15, -0.1) is 0 Å². The second-order valence-corrected chi connectivity index (χ2v) is 5.65. The van der Waals surface area contributed by atoms with Crippen molar-refractivity contribution < 1.29 is 13.2 Å². The fraction of sp³-hybridized carbons (Fsp3) is 0.250. The molecule has 0 saturated heterocycles. The average molecular weight is 358 g/mol. The molecule has 0 aromatic heterocycles. The molecule has 2 aromatic carbocycles. The highest BCUT2D eigenvalue weighted by molar-refractivity contribution is 9.10. The maximum atomic E-state index is 13.8. The van der Waals surface area contributed by atoms with Gasteiger partial charge in [0.2, 0.25) is 0 Å². The largest absolute Gasteiger partial charge is 0.310 e. The minimum Gasteiger partial charge on any atom is -0.310 e. The second kappa shape index (κ2) is 7.09. The van der Waals surface area contributed by atoms with E-state index in [1.807, 2.05) is 6.92 Å². The van der Waals surface area contributed by atoms with Gasteiger partial charge in [0.25, 0.3) is 0 Å². The van der Waals surface area contributed by atoms with Gasteiger partial charge in [-0.05, 0) is 48.4 Å². The van der Waals surface area contributed by atoms with Crippen molar-refractivity contribution in [3.05, 3.63) is 69.4 Å². The van der Waals surface area contributed by atoms with Crippen molar-refractivity contribution in [1.82, 2.24) is 5.32 Å². The summed E-state index contributed by atoms with van der Waals surface area (Å²) in [5, 5.41) is 3.17. The zero-order valence-electron chi connectivity index (χ0n) is 11.5. The standard InChI is InChI=1S/C16H15BrF3N/c1-2-21-15(11-6-12(17)9-13(18)7-11)8-10-4-3-5-14(19)16(10)20/h3-7,9,15,21H,2,8H2,1H3. The molecule has 112 valence electrons. The Kier molecular flexibility index (Phi) is 5.42. The third kappa shape index (κ3) is 4.08. The summed E-state index contributed by atoms with van der Waals surface area (Å²) < 4.78 is 41.2. The fourth-order valence-corrected chi connectivity index (χ4v) is 2.74. The van der Waals surface area contributed by atoms with Crippen LogP contribution in [0.3, 0.4) is 0 Å². The zero-order chi connectivity index (χ0) is 15.4. The normalized spacial score (nSPS) is 12.4. The summed E-state index contributed by atoms with van der Waals surface area (Å²) in [4.78, 5) is 0. The molecule has 0 aliphatic heterocycles. The van der Waals surface area contributed by atoms with Gasteiger partial charge in [0, 0.05) is 10.5 Å². The monoisotopic (exact) mass is 357 g/mol. The molecule has 0 radical (unpaired) electrons. The fourth-order valence-electron chi connectivity index (χ4n) is 2.26. The molecule has 21 heavy (non-hydrogen) atoms. The Labute approximate surface area is 130 Å². The number of benzene rings is 2. The van der Waals surface area contributed by atoms with E-state index < -0.39 is 11.6 Å². The summed E-state index contributed by atoms with van der Waals surface area (Å²) in [6, 6.07) is 8.33. The van der Waals surface area contributed by atoms with Gasteiger partial charge in [0.15, 0.2) is 11.6 Å². The van der Waals surface area contributed by atoms with Crippen LogP contribution in [-0.2, 0) is 6.42 Å². The lowest BCUT2D eigenvalue weighted by molar-refractivity contribution is 0.480. The van der Waals surface area contributed by atoms with Crippen molar-refractivity contribution in [1.29, 1.82) is 0 Å². The SMILES string of the molecule is CCNC(Cc1cccc(F)c1F)c1cc(F)cc(Br)c1. The van der Waals surface area contributed by atoms with Gasteiger partial charge >= 0.3 is 0 Å². The first-order valence-electron chi connectivity index (χ1n) is 6.63. The highest BCUT2D eigenvalue weighted by atomic mass is 79.9. The lowest BCUT2D eigenvalue weighted by Crippen LogP contribution is -2.23. The van der Waals surface area contributed by atoms with Crippen molar-refractivity contribution >= 4 is 15.9 Å². The summed E-state index contributed by atoms with van der Waals surface area (Å²) in [7, 11) is 0. The van der Waals surface area contributed by atoms with E-state index in [2.05, 4.69) is 21.2 Å². The maximum Gasteiger partial charge on any atom is 0.162 e. The number of hydrogen-bond acceptors (Lipinski definition) is 1. The number of nitrogens with one attached hydrogen (secondary N) is 1. The Morgan fingerprint density at radius 1 is 1.14 bits per heavy atom. The van der Waals surface area contributed by atoms with E-state index in [9.17, 15) is 13.2 Å². The third-order valence-corrected chi connectivity index (χ3v) is 3.65. The van der Waals surface area contributed by atoms with Crippen LogP contribution >= 0.6 is 15.9 Å². The molecule has 1 atom stereocenters. The van der Waals surface area contributed by atoms with E-state index in [1.165, 1.54) is 24.3 Å². The Hall–Kier alpha value is -1.33. The zero-order valence-corrected chi connectivity index (χ0v) is 13.1. The van der Waals surface area contributed by atoms with E-state index in [-0.39, 0.29) is 23.8 Å². The quantitative estimate of drug-likeness (QED) is 0.813. The van der Waals surface area contributed by atoms with Gasteiger partial charge in [0.05, 0.1) is 0 Å². The van der Waals surface area contributed by atoms with E-state index in [0.29, 0.717) is 16.6 Å².